The Bertz CT molecular complexity index is 521. The van der Waals surface area contributed by atoms with Crippen LogP contribution in [0.2, 0.25) is 5.02 Å². The Morgan fingerprint density at radius 3 is 2.79 bits per heavy atom. The average Bonchev–Trinajstić information content (AvgIpc) is 2.40. The van der Waals surface area contributed by atoms with Gasteiger partial charge in [0.15, 0.2) is 0 Å². The van der Waals surface area contributed by atoms with Gasteiger partial charge in [0.1, 0.15) is 6.04 Å². The molecule has 1 atom stereocenters. The standard InChI is InChI=1S/C13H13BrClNO3/c14-8-4-5-10(15)9(7-8)12(17)16-6-2-1-3-11(16)13(18)19/h4-5,7,11H,1-3,6H2,(H,18,19). The first-order chi connectivity index (χ1) is 9.00. The molecule has 1 aromatic carbocycles. The van der Waals surface area contributed by atoms with Crippen molar-refractivity contribution in [1.29, 1.82) is 0 Å². The molecule has 2 rings (SSSR count). The molecule has 1 aromatic rings. The number of carbonyl (C=O) groups excluding carboxylic acids is 1. The van der Waals surface area contributed by atoms with Crippen LogP contribution in [0.5, 0.6) is 0 Å². The fraction of sp³-hybridized carbons (Fsp3) is 0.385. The number of halogens is 2. The van der Waals surface area contributed by atoms with E-state index < -0.39 is 12.0 Å². The lowest BCUT2D eigenvalue weighted by Crippen LogP contribution is -2.48. The van der Waals surface area contributed by atoms with Crippen molar-refractivity contribution in [3.63, 3.8) is 0 Å². The quantitative estimate of drug-likeness (QED) is 0.895. The highest BCUT2D eigenvalue weighted by Crippen LogP contribution is 2.26. The first kappa shape index (κ1) is 14.3. The molecule has 0 bridgehead atoms. The number of carboxylic acids is 1. The summed E-state index contributed by atoms with van der Waals surface area (Å²) < 4.78 is 0.740. The second-order valence-electron chi connectivity index (χ2n) is 4.47. The number of carbonyl (C=O) groups is 2. The minimum Gasteiger partial charge on any atom is -0.480 e. The second kappa shape index (κ2) is 5.92. The zero-order chi connectivity index (χ0) is 14.0. The molecule has 1 heterocycles. The normalized spacial score (nSPS) is 19.3. The molecule has 1 saturated heterocycles. The third-order valence-corrected chi connectivity index (χ3v) is 4.03. The Morgan fingerprint density at radius 1 is 1.37 bits per heavy atom. The van der Waals surface area contributed by atoms with Gasteiger partial charge in [-0.3, -0.25) is 4.79 Å². The van der Waals surface area contributed by atoms with E-state index in [0.29, 0.717) is 23.6 Å². The maximum atomic E-state index is 12.4. The summed E-state index contributed by atoms with van der Waals surface area (Å²) in [6.45, 7) is 0.457. The Labute approximate surface area is 124 Å². The number of amides is 1. The fourth-order valence-corrected chi connectivity index (χ4v) is 2.81. The van der Waals surface area contributed by atoms with Crippen LogP contribution in [0.15, 0.2) is 22.7 Å². The van der Waals surface area contributed by atoms with Gasteiger partial charge in [0.05, 0.1) is 10.6 Å². The smallest absolute Gasteiger partial charge is 0.326 e. The first-order valence-corrected chi connectivity index (χ1v) is 7.16. The van der Waals surface area contributed by atoms with E-state index in [0.717, 1.165) is 17.3 Å². The molecule has 0 radical (unpaired) electrons. The van der Waals surface area contributed by atoms with Gasteiger partial charge in [-0.25, -0.2) is 4.79 Å². The van der Waals surface area contributed by atoms with Gasteiger partial charge in [-0.2, -0.15) is 0 Å². The Morgan fingerprint density at radius 2 is 2.11 bits per heavy atom. The van der Waals surface area contributed by atoms with Gasteiger partial charge in [-0.05, 0) is 37.5 Å². The summed E-state index contributed by atoms with van der Waals surface area (Å²) in [5.74, 6) is -1.28. The van der Waals surface area contributed by atoms with E-state index in [-0.39, 0.29) is 5.91 Å². The predicted molar refractivity (Wildman–Crippen MR) is 75.5 cm³/mol. The van der Waals surface area contributed by atoms with Crippen LogP contribution >= 0.6 is 27.5 Å². The van der Waals surface area contributed by atoms with Crippen LogP contribution in [0.25, 0.3) is 0 Å². The number of likely N-dealkylation sites (tertiary alicyclic amines) is 1. The van der Waals surface area contributed by atoms with Gasteiger partial charge in [0.2, 0.25) is 0 Å². The summed E-state index contributed by atoms with van der Waals surface area (Å²) in [5.41, 5.74) is 0.337. The summed E-state index contributed by atoms with van der Waals surface area (Å²) >= 11 is 9.31. The Hall–Kier alpha value is -1.07. The van der Waals surface area contributed by atoms with Crippen molar-refractivity contribution in [3.8, 4) is 0 Å². The summed E-state index contributed by atoms with van der Waals surface area (Å²) in [6.07, 6.45) is 2.14. The summed E-state index contributed by atoms with van der Waals surface area (Å²) in [5, 5.41) is 9.53. The minimum absolute atomic E-state index is 0.321. The monoisotopic (exact) mass is 345 g/mol. The molecule has 4 nitrogen and oxygen atoms in total. The highest BCUT2D eigenvalue weighted by Gasteiger charge is 2.33. The highest BCUT2D eigenvalue weighted by molar-refractivity contribution is 9.10. The van der Waals surface area contributed by atoms with Gasteiger partial charge in [-0.15, -0.1) is 0 Å². The average molecular weight is 347 g/mol. The molecule has 1 amide bonds. The van der Waals surface area contributed by atoms with Crippen molar-refractivity contribution in [2.24, 2.45) is 0 Å². The number of carboxylic acid groups (broad SMARTS) is 1. The van der Waals surface area contributed by atoms with Crippen molar-refractivity contribution in [2.75, 3.05) is 6.54 Å². The van der Waals surface area contributed by atoms with Crippen LogP contribution in [-0.2, 0) is 4.79 Å². The van der Waals surface area contributed by atoms with E-state index in [9.17, 15) is 14.7 Å². The molecule has 1 aliphatic rings. The number of nitrogens with zero attached hydrogens (tertiary/aromatic N) is 1. The number of hydrogen-bond donors (Lipinski definition) is 1. The van der Waals surface area contributed by atoms with E-state index in [2.05, 4.69) is 15.9 Å². The highest BCUT2D eigenvalue weighted by atomic mass is 79.9. The summed E-state index contributed by atoms with van der Waals surface area (Å²) in [6, 6.07) is 4.23. The second-order valence-corrected chi connectivity index (χ2v) is 5.80. The minimum atomic E-state index is -0.959. The maximum Gasteiger partial charge on any atom is 0.326 e. The van der Waals surface area contributed by atoms with Crippen molar-refractivity contribution in [2.45, 2.75) is 25.3 Å². The number of rotatable bonds is 2. The van der Waals surface area contributed by atoms with E-state index in [4.69, 9.17) is 11.6 Å². The van der Waals surface area contributed by atoms with Crippen molar-refractivity contribution < 1.29 is 14.7 Å². The largest absolute Gasteiger partial charge is 0.480 e. The lowest BCUT2D eigenvalue weighted by atomic mass is 10.0. The van der Waals surface area contributed by atoms with E-state index >= 15 is 0 Å². The van der Waals surface area contributed by atoms with Crippen molar-refractivity contribution in [1.82, 2.24) is 4.90 Å². The number of aliphatic carboxylic acids is 1. The molecule has 1 N–H and O–H groups in total. The van der Waals surface area contributed by atoms with E-state index in [1.165, 1.54) is 4.90 Å². The van der Waals surface area contributed by atoms with Crippen molar-refractivity contribution >= 4 is 39.4 Å². The van der Waals surface area contributed by atoms with Crippen LogP contribution in [-0.4, -0.2) is 34.5 Å². The molecule has 0 aromatic heterocycles. The molecule has 0 spiro atoms. The topological polar surface area (TPSA) is 57.6 Å². The van der Waals surface area contributed by atoms with Crippen LogP contribution in [0, 0.1) is 0 Å². The Kier molecular flexibility index (Phi) is 4.47. The van der Waals surface area contributed by atoms with Crippen LogP contribution in [0.1, 0.15) is 29.6 Å². The van der Waals surface area contributed by atoms with Crippen LogP contribution in [0.3, 0.4) is 0 Å². The number of piperidine rings is 1. The van der Waals surface area contributed by atoms with E-state index in [1.54, 1.807) is 18.2 Å². The molecular weight excluding hydrogens is 334 g/mol. The molecule has 0 aliphatic carbocycles. The Balaban J connectivity index is 2.31. The molecule has 1 fully saturated rings. The maximum absolute atomic E-state index is 12.4. The van der Waals surface area contributed by atoms with Crippen molar-refractivity contribution in [3.05, 3.63) is 33.3 Å². The van der Waals surface area contributed by atoms with E-state index in [1.807, 2.05) is 0 Å². The number of hydrogen-bond acceptors (Lipinski definition) is 2. The molecular formula is C13H13BrClNO3. The lowest BCUT2D eigenvalue weighted by molar-refractivity contribution is -0.143. The van der Waals surface area contributed by atoms with Gasteiger partial charge < -0.3 is 10.0 Å². The van der Waals surface area contributed by atoms with Crippen LogP contribution in [0.4, 0.5) is 0 Å². The summed E-state index contributed by atoms with van der Waals surface area (Å²) in [7, 11) is 0. The van der Waals surface area contributed by atoms with Crippen LogP contribution < -0.4 is 0 Å². The molecule has 0 saturated carbocycles. The fourth-order valence-electron chi connectivity index (χ4n) is 2.25. The third-order valence-electron chi connectivity index (χ3n) is 3.21. The first-order valence-electron chi connectivity index (χ1n) is 5.99. The zero-order valence-electron chi connectivity index (χ0n) is 10.1. The molecule has 6 heteroatoms. The zero-order valence-corrected chi connectivity index (χ0v) is 12.4. The van der Waals surface area contributed by atoms with Gasteiger partial charge >= 0.3 is 5.97 Å². The summed E-state index contributed by atoms with van der Waals surface area (Å²) in [4.78, 5) is 25.1. The van der Waals surface area contributed by atoms with Gasteiger partial charge in [0.25, 0.3) is 5.91 Å². The molecule has 102 valence electrons. The molecule has 1 aliphatic heterocycles. The number of benzene rings is 1. The molecule has 1 unspecified atom stereocenters. The molecule has 19 heavy (non-hydrogen) atoms. The lowest BCUT2D eigenvalue weighted by Gasteiger charge is -2.33. The third kappa shape index (κ3) is 3.09. The van der Waals surface area contributed by atoms with Gasteiger partial charge in [-0.1, -0.05) is 27.5 Å². The predicted octanol–water partition coefficient (Wildman–Crippen LogP) is 3.18. The van der Waals surface area contributed by atoms with Gasteiger partial charge in [0, 0.05) is 11.0 Å². The SMILES string of the molecule is O=C(O)C1CCCCN1C(=O)c1cc(Br)ccc1Cl.